The molecule has 0 spiro atoms. The minimum atomic E-state index is -0.935. The van der Waals surface area contributed by atoms with Gasteiger partial charge in [0, 0.05) is 24.7 Å². The minimum absolute atomic E-state index is 0.00660. The van der Waals surface area contributed by atoms with Crippen LogP contribution in [0.15, 0.2) is 18.2 Å². The van der Waals surface area contributed by atoms with Crippen molar-refractivity contribution >= 4 is 5.91 Å². The van der Waals surface area contributed by atoms with Gasteiger partial charge in [-0.15, -0.1) is 0 Å². The molecule has 0 saturated carbocycles. The van der Waals surface area contributed by atoms with E-state index in [-0.39, 0.29) is 23.9 Å². The molecule has 2 rings (SSSR count). The Morgan fingerprint density at radius 3 is 2.90 bits per heavy atom. The van der Waals surface area contributed by atoms with Crippen molar-refractivity contribution in [3.05, 3.63) is 35.4 Å². The Labute approximate surface area is 117 Å². The molecule has 110 valence electrons. The van der Waals surface area contributed by atoms with Gasteiger partial charge in [0.25, 0.3) is 0 Å². The van der Waals surface area contributed by atoms with Crippen LogP contribution in [0, 0.1) is 17.6 Å². The Morgan fingerprint density at radius 2 is 2.20 bits per heavy atom. The van der Waals surface area contributed by atoms with Crippen molar-refractivity contribution in [3.63, 3.8) is 0 Å². The third-order valence-corrected chi connectivity index (χ3v) is 4.05. The Bertz CT molecular complexity index is 493. The number of nitrogens with zero attached hydrogens (tertiary/aromatic N) is 1. The average Bonchev–Trinajstić information content (AvgIpc) is 2.43. The molecule has 1 aliphatic heterocycles. The number of rotatable bonds is 3. The van der Waals surface area contributed by atoms with E-state index in [1.165, 1.54) is 12.1 Å². The van der Waals surface area contributed by atoms with Gasteiger partial charge in [-0.1, -0.05) is 19.1 Å². The van der Waals surface area contributed by atoms with Crippen molar-refractivity contribution in [2.75, 3.05) is 13.1 Å². The van der Waals surface area contributed by atoms with Crippen LogP contribution >= 0.6 is 0 Å². The Morgan fingerprint density at radius 1 is 1.45 bits per heavy atom. The number of carbonyl (C=O) groups excluding carboxylic acids is 1. The standard InChI is InChI=1S/C15H20F2N2O/c1-10-4-3-7-19(13(10)9-18)14(20)8-11-5-2-6-12(16)15(11)17/h2,5-6,10,13H,3-4,7-9,18H2,1H3/t10-,13+/m0/s1. The second-order valence-corrected chi connectivity index (χ2v) is 5.40. The third-order valence-electron chi connectivity index (χ3n) is 4.05. The molecule has 20 heavy (non-hydrogen) atoms. The number of likely N-dealkylation sites (tertiary alicyclic amines) is 1. The molecule has 0 unspecified atom stereocenters. The van der Waals surface area contributed by atoms with Gasteiger partial charge in [0.15, 0.2) is 11.6 Å². The SMILES string of the molecule is C[C@H]1CCCN(C(=O)Cc2cccc(F)c2F)[C@@H]1CN. The van der Waals surface area contributed by atoms with Gasteiger partial charge in [0.2, 0.25) is 5.91 Å². The fourth-order valence-electron chi connectivity index (χ4n) is 2.87. The van der Waals surface area contributed by atoms with Crippen molar-refractivity contribution in [1.82, 2.24) is 4.90 Å². The average molecular weight is 282 g/mol. The van der Waals surface area contributed by atoms with Gasteiger partial charge in [-0.3, -0.25) is 4.79 Å². The smallest absolute Gasteiger partial charge is 0.227 e. The van der Waals surface area contributed by atoms with Gasteiger partial charge in [-0.25, -0.2) is 8.78 Å². The summed E-state index contributed by atoms with van der Waals surface area (Å²) in [7, 11) is 0. The maximum Gasteiger partial charge on any atom is 0.227 e. The molecule has 0 aliphatic carbocycles. The molecule has 1 aromatic carbocycles. The van der Waals surface area contributed by atoms with Crippen molar-refractivity contribution in [1.29, 1.82) is 0 Å². The Kier molecular flexibility index (Phi) is 4.70. The van der Waals surface area contributed by atoms with Crippen LogP contribution < -0.4 is 5.73 Å². The molecule has 0 bridgehead atoms. The molecule has 0 aromatic heterocycles. The molecule has 1 amide bonds. The first-order chi connectivity index (χ1) is 9.54. The first-order valence-corrected chi connectivity index (χ1v) is 6.97. The summed E-state index contributed by atoms with van der Waals surface area (Å²) in [4.78, 5) is 14.0. The summed E-state index contributed by atoms with van der Waals surface area (Å²) >= 11 is 0. The zero-order valence-corrected chi connectivity index (χ0v) is 11.6. The van der Waals surface area contributed by atoms with Gasteiger partial charge in [0.1, 0.15) is 0 Å². The molecule has 2 N–H and O–H groups in total. The number of nitrogens with two attached hydrogens (primary N) is 1. The van der Waals surface area contributed by atoms with Crippen LogP contribution in [0.1, 0.15) is 25.3 Å². The lowest BCUT2D eigenvalue weighted by atomic mass is 9.90. The minimum Gasteiger partial charge on any atom is -0.338 e. The van der Waals surface area contributed by atoms with E-state index in [1.807, 2.05) is 0 Å². The number of carbonyl (C=O) groups is 1. The normalized spacial score (nSPS) is 22.9. The molecule has 1 saturated heterocycles. The molecule has 1 heterocycles. The molecular weight excluding hydrogens is 262 g/mol. The van der Waals surface area contributed by atoms with Crippen molar-refractivity contribution in [2.24, 2.45) is 11.7 Å². The maximum absolute atomic E-state index is 13.6. The Balaban J connectivity index is 2.12. The van der Waals surface area contributed by atoms with Crippen LogP contribution in [-0.4, -0.2) is 29.9 Å². The number of amides is 1. The lowest BCUT2D eigenvalue weighted by Crippen LogP contribution is -2.51. The number of hydrogen-bond donors (Lipinski definition) is 1. The largest absolute Gasteiger partial charge is 0.338 e. The summed E-state index contributed by atoms with van der Waals surface area (Å²) in [5.41, 5.74) is 5.84. The second kappa shape index (κ2) is 6.31. The van der Waals surface area contributed by atoms with Crippen LogP contribution in [-0.2, 0) is 11.2 Å². The summed E-state index contributed by atoms with van der Waals surface area (Å²) in [6, 6.07) is 3.91. The van der Waals surface area contributed by atoms with Gasteiger partial charge < -0.3 is 10.6 Å². The monoisotopic (exact) mass is 282 g/mol. The third kappa shape index (κ3) is 2.98. The van der Waals surface area contributed by atoms with Crippen molar-refractivity contribution < 1.29 is 13.6 Å². The first kappa shape index (κ1) is 14.9. The van der Waals surface area contributed by atoms with E-state index >= 15 is 0 Å². The van der Waals surface area contributed by atoms with E-state index in [2.05, 4.69) is 6.92 Å². The molecule has 5 heteroatoms. The summed E-state index contributed by atoms with van der Waals surface area (Å²) in [5.74, 6) is -1.69. The summed E-state index contributed by atoms with van der Waals surface area (Å²) in [5, 5.41) is 0. The van der Waals surface area contributed by atoms with Crippen molar-refractivity contribution in [2.45, 2.75) is 32.2 Å². The van der Waals surface area contributed by atoms with Gasteiger partial charge in [-0.05, 0) is 24.8 Å². The fourth-order valence-corrected chi connectivity index (χ4v) is 2.87. The van der Waals surface area contributed by atoms with E-state index in [0.717, 1.165) is 18.9 Å². The molecule has 1 aliphatic rings. The predicted molar refractivity (Wildman–Crippen MR) is 73.0 cm³/mol. The van der Waals surface area contributed by atoms with Crippen molar-refractivity contribution in [3.8, 4) is 0 Å². The van der Waals surface area contributed by atoms with Crippen LogP contribution in [0.4, 0.5) is 8.78 Å². The number of benzene rings is 1. The van der Waals surface area contributed by atoms with Crippen LogP contribution in [0.25, 0.3) is 0 Å². The zero-order valence-electron chi connectivity index (χ0n) is 11.6. The number of halogens is 2. The second-order valence-electron chi connectivity index (χ2n) is 5.40. The Hall–Kier alpha value is -1.49. The van der Waals surface area contributed by atoms with E-state index in [0.29, 0.717) is 19.0 Å². The molecule has 1 fully saturated rings. The highest BCUT2D eigenvalue weighted by atomic mass is 19.2. The zero-order chi connectivity index (χ0) is 14.7. The molecule has 1 aromatic rings. The van der Waals surface area contributed by atoms with Gasteiger partial charge in [0.05, 0.1) is 6.42 Å². The molecular formula is C15H20F2N2O. The van der Waals surface area contributed by atoms with Crippen LogP contribution in [0.5, 0.6) is 0 Å². The van der Waals surface area contributed by atoms with Gasteiger partial charge >= 0.3 is 0 Å². The summed E-state index contributed by atoms with van der Waals surface area (Å²) in [6.45, 7) is 3.11. The highest BCUT2D eigenvalue weighted by Crippen LogP contribution is 2.24. The highest BCUT2D eigenvalue weighted by molar-refractivity contribution is 5.79. The molecule has 0 radical (unpaired) electrons. The summed E-state index contributed by atoms with van der Waals surface area (Å²) in [6.07, 6.45) is 1.85. The maximum atomic E-state index is 13.6. The highest BCUT2D eigenvalue weighted by Gasteiger charge is 2.31. The molecule has 2 atom stereocenters. The van der Waals surface area contributed by atoms with Crippen LogP contribution in [0.3, 0.4) is 0 Å². The summed E-state index contributed by atoms with van der Waals surface area (Å²) < 4.78 is 26.8. The van der Waals surface area contributed by atoms with E-state index in [9.17, 15) is 13.6 Å². The van der Waals surface area contributed by atoms with E-state index in [4.69, 9.17) is 5.73 Å². The number of piperidine rings is 1. The quantitative estimate of drug-likeness (QED) is 0.922. The van der Waals surface area contributed by atoms with E-state index in [1.54, 1.807) is 4.90 Å². The predicted octanol–water partition coefficient (Wildman–Crippen LogP) is 2.09. The first-order valence-electron chi connectivity index (χ1n) is 6.97. The number of hydrogen-bond acceptors (Lipinski definition) is 2. The lowest BCUT2D eigenvalue weighted by molar-refractivity contribution is -0.135. The van der Waals surface area contributed by atoms with Gasteiger partial charge in [-0.2, -0.15) is 0 Å². The topological polar surface area (TPSA) is 46.3 Å². The van der Waals surface area contributed by atoms with E-state index < -0.39 is 11.6 Å². The lowest BCUT2D eigenvalue weighted by Gasteiger charge is -2.39. The van der Waals surface area contributed by atoms with Crippen LogP contribution in [0.2, 0.25) is 0 Å². The fraction of sp³-hybridized carbons (Fsp3) is 0.533. The molecule has 3 nitrogen and oxygen atoms in total.